The van der Waals surface area contributed by atoms with Gasteiger partial charge in [-0.25, -0.2) is 13.1 Å². The molecule has 0 heterocycles. The van der Waals surface area contributed by atoms with E-state index in [4.69, 9.17) is 0 Å². The van der Waals surface area contributed by atoms with Crippen LogP contribution in [0.3, 0.4) is 0 Å². The Hall–Kier alpha value is -2.46. The smallest absolute Gasteiger partial charge is 0.258 e. The van der Waals surface area contributed by atoms with E-state index in [1.54, 1.807) is 0 Å². The Labute approximate surface area is 147 Å². The molecule has 0 aliphatic carbocycles. The maximum atomic E-state index is 12.5. The third-order valence-corrected chi connectivity index (χ3v) is 5.13. The van der Waals surface area contributed by atoms with Crippen LogP contribution in [0, 0.1) is 17.0 Å². The minimum absolute atomic E-state index is 0.0601. The normalized spacial score (nSPS) is 12.2. The summed E-state index contributed by atoms with van der Waals surface area (Å²) in [4.78, 5) is 9.99. The van der Waals surface area contributed by atoms with E-state index in [-0.39, 0.29) is 23.5 Å². The van der Waals surface area contributed by atoms with Gasteiger partial charge in [-0.15, -0.1) is 0 Å². The van der Waals surface area contributed by atoms with Crippen molar-refractivity contribution in [2.24, 2.45) is 0 Å². The van der Waals surface area contributed by atoms with Gasteiger partial charge in [0.2, 0.25) is 10.0 Å². The van der Waals surface area contributed by atoms with Gasteiger partial charge >= 0.3 is 6.18 Å². The first kappa shape index (κ1) is 19.9. The number of sulfonamides is 1. The molecule has 0 bridgehead atoms. The third kappa shape index (κ3) is 4.79. The number of hydrogen-bond donors (Lipinski definition) is 1. The maximum Gasteiger partial charge on any atom is 0.416 e. The number of hydrogen-bond acceptors (Lipinski definition) is 4. The third-order valence-electron chi connectivity index (χ3n) is 3.67. The number of aryl methyl sites for hydroxylation is 1. The van der Waals surface area contributed by atoms with E-state index >= 15 is 0 Å². The van der Waals surface area contributed by atoms with E-state index in [1.807, 2.05) is 0 Å². The predicted octanol–water partition coefficient (Wildman–Crippen LogP) is 3.44. The summed E-state index contributed by atoms with van der Waals surface area (Å²) in [5.74, 6) is 0. The molecule has 0 fully saturated rings. The number of halogens is 3. The molecule has 2 aromatic carbocycles. The Balaban J connectivity index is 2.05. The van der Waals surface area contributed by atoms with Crippen molar-refractivity contribution < 1.29 is 26.5 Å². The lowest BCUT2D eigenvalue weighted by molar-refractivity contribution is -0.385. The van der Waals surface area contributed by atoms with Gasteiger partial charge in [0.25, 0.3) is 5.69 Å². The maximum absolute atomic E-state index is 12.5. The van der Waals surface area contributed by atoms with E-state index in [0.29, 0.717) is 11.1 Å². The van der Waals surface area contributed by atoms with Crippen molar-refractivity contribution >= 4 is 15.7 Å². The molecule has 0 saturated carbocycles. The molecule has 0 aliphatic heterocycles. The van der Waals surface area contributed by atoms with Crippen LogP contribution in [0.25, 0.3) is 0 Å². The second kappa shape index (κ2) is 7.42. The van der Waals surface area contributed by atoms with Gasteiger partial charge in [-0.1, -0.05) is 18.2 Å². The molecule has 140 valence electrons. The van der Waals surface area contributed by atoms with Crippen molar-refractivity contribution in [1.82, 2.24) is 4.72 Å². The summed E-state index contributed by atoms with van der Waals surface area (Å²) < 4.78 is 64.2. The van der Waals surface area contributed by atoms with Gasteiger partial charge in [0.15, 0.2) is 0 Å². The van der Waals surface area contributed by atoms with Crippen molar-refractivity contribution in [3.05, 3.63) is 69.3 Å². The summed E-state index contributed by atoms with van der Waals surface area (Å²) >= 11 is 0. The second-order valence-electron chi connectivity index (χ2n) is 5.55. The first-order valence-corrected chi connectivity index (χ1v) is 8.90. The SMILES string of the molecule is Cc1ccc(S(=O)(=O)NCCc2ccc(C(F)(F)F)cc2)cc1[N+](=O)[O-]. The molecule has 26 heavy (non-hydrogen) atoms. The Bertz CT molecular complexity index is 910. The fourth-order valence-electron chi connectivity index (χ4n) is 2.23. The Kier molecular flexibility index (Phi) is 5.67. The zero-order valence-corrected chi connectivity index (χ0v) is 14.4. The molecule has 0 unspecified atom stereocenters. The van der Waals surface area contributed by atoms with Gasteiger partial charge in [-0.05, 0) is 37.1 Å². The fraction of sp³-hybridized carbons (Fsp3) is 0.250. The van der Waals surface area contributed by atoms with E-state index in [2.05, 4.69) is 4.72 Å². The van der Waals surface area contributed by atoms with Crippen molar-refractivity contribution in [3.63, 3.8) is 0 Å². The predicted molar refractivity (Wildman–Crippen MR) is 88.2 cm³/mol. The molecule has 0 aliphatic rings. The highest BCUT2D eigenvalue weighted by Crippen LogP contribution is 2.29. The van der Waals surface area contributed by atoms with Crippen LogP contribution in [0.1, 0.15) is 16.7 Å². The van der Waals surface area contributed by atoms with Gasteiger partial charge in [0.1, 0.15) is 0 Å². The summed E-state index contributed by atoms with van der Waals surface area (Å²) in [5, 5.41) is 10.9. The molecule has 0 atom stereocenters. The first-order valence-electron chi connectivity index (χ1n) is 7.41. The van der Waals surface area contributed by atoms with E-state index in [9.17, 15) is 31.7 Å². The number of nitro benzene ring substituents is 1. The van der Waals surface area contributed by atoms with Crippen molar-refractivity contribution in [1.29, 1.82) is 0 Å². The number of nitrogens with zero attached hydrogens (tertiary/aromatic N) is 1. The van der Waals surface area contributed by atoms with Gasteiger partial charge in [-0.3, -0.25) is 10.1 Å². The summed E-state index contributed by atoms with van der Waals surface area (Å²) in [6, 6.07) is 7.95. The number of nitro groups is 1. The molecule has 2 rings (SSSR count). The van der Waals surface area contributed by atoms with Crippen LogP contribution in [0.4, 0.5) is 18.9 Å². The number of nitrogens with one attached hydrogen (secondary N) is 1. The Morgan fingerprint density at radius 3 is 2.27 bits per heavy atom. The summed E-state index contributed by atoms with van der Waals surface area (Å²) in [6.45, 7) is 1.43. The number of rotatable bonds is 6. The van der Waals surface area contributed by atoms with Gasteiger partial charge < -0.3 is 0 Å². The molecule has 10 heteroatoms. The minimum atomic E-state index is -4.43. The largest absolute Gasteiger partial charge is 0.416 e. The first-order chi connectivity index (χ1) is 12.0. The zero-order chi connectivity index (χ0) is 19.5. The van der Waals surface area contributed by atoms with Crippen molar-refractivity contribution in [2.45, 2.75) is 24.4 Å². The standard InChI is InChI=1S/C16H15F3N2O4S/c1-11-2-7-14(10-15(11)21(22)23)26(24,25)20-9-8-12-3-5-13(6-4-12)16(17,18)19/h2-7,10,20H,8-9H2,1H3. The minimum Gasteiger partial charge on any atom is -0.258 e. The molecule has 6 nitrogen and oxygen atoms in total. The van der Waals surface area contributed by atoms with Crippen LogP contribution in [-0.2, 0) is 22.6 Å². The van der Waals surface area contributed by atoms with E-state index in [0.717, 1.165) is 18.2 Å². The molecule has 0 amide bonds. The summed E-state index contributed by atoms with van der Waals surface area (Å²) in [6.07, 6.45) is -4.26. The van der Waals surface area contributed by atoms with Crippen LogP contribution >= 0.6 is 0 Å². The quantitative estimate of drug-likeness (QED) is 0.606. The van der Waals surface area contributed by atoms with Crippen molar-refractivity contribution in [3.8, 4) is 0 Å². The second-order valence-corrected chi connectivity index (χ2v) is 7.31. The van der Waals surface area contributed by atoms with E-state index < -0.39 is 26.7 Å². The molecule has 2 aromatic rings. The van der Waals surface area contributed by atoms with Crippen LogP contribution < -0.4 is 4.72 Å². The average molecular weight is 388 g/mol. The van der Waals surface area contributed by atoms with Crippen molar-refractivity contribution in [2.75, 3.05) is 6.54 Å². The molecular weight excluding hydrogens is 373 g/mol. The lowest BCUT2D eigenvalue weighted by Crippen LogP contribution is -2.26. The topological polar surface area (TPSA) is 89.3 Å². The lowest BCUT2D eigenvalue weighted by atomic mass is 10.1. The van der Waals surface area contributed by atoms with Crippen LogP contribution in [-0.4, -0.2) is 19.9 Å². The molecule has 0 radical (unpaired) electrons. The Morgan fingerprint density at radius 1 is 1.12 bits per heavy atom. The number of alkyl halides is 3. The monoisotopic (exact) mass is 388 g/mol. The lowest BCUT2D eigenvalue weighted by Gasteiger charge is -2.09. The zero-order valence-electron chi connectivity index (χ0n) is 13.6. The highest BCUT2D eigenvalue weighted by molar-refractivity contribution is 7.89. The molecule has 1 N–H and O–H groups in total. The molecule has 0 spiro atoms. The average Bonchev–Trinajstić information content (AvgIpc) is 2.54. The summed E-state index contributed by atoms with van der Waals surface area (Å²) in [7, 11) is -3.97. The fourth-order valence-corrected chi connectivity index (χ4v) is 3.28. The van der Waals surface area contributed by atoms with E-state index in [1.165, 1.54) is 31.2 Å². The highest BCUT2D eigenvalue weighted by Gasteiger charge is 2.29. The van der Waals surface area contributed by atoms with Crippen LogP contribution in [0.2, 0.25) is 0 Å². The van der Waals surface area contributed by atoms with Gasteiger partial charge in [-0.2, -0.15) is 13.2 Å². The van der Waals surface area contributed by atoms with Crippen LogP contribution in [0.5, 0.6) is 0 Å². The Morgan fingerprint density at radius 2 is 1.73 bits per heavy atom. The molecule has 0 aromatic heterocycles. The van der Waals surface area contributed by atoms with Gasteiger partial charge in [0, 0.05) is 18.2 Å². The molecular formula is C16H15F3N2O4S. The molecule has 0 saturated heterocycles. The van der Waals surface area contributed by atoms with Gasteiger partial charge in [0.05, 0.1) is 15.4 Å². The summed E-state index contributed by atoms with van der Waals surface area (Å²) in [5.41, 5.74) is -0.237. The van der Waals surface area contributed by atoms with Crippen LogP contribution in [0.15, 0.2) is 47.4 Å². The highest BCUT2D eigenvalue weighted by atomic mass is 32.2. The number of benzene rings is 2.